The van der Waals surface area contributed by atoms with Crippen LogP contribution in [0.1, 0.15) is 51.2 Å². The van der Waals surface area contributed by atoms with E-state index >= 15 is 0 Å². The number of nitrogens with one attached hydrogen (secondary N) is 1. The van der Waals surface area contributed by atoms with Crippen LogP contribution in [0.3, 0.4) is 0 Å². The number of tetrazole rings is 1. The van der Waals surface area contributed by atoms with E-state index in [0.717, 1.165) is 59.4 Å². The molecule has 5 heterocycles. The summed E-state index contributed by atoms with van der Waals surface area (Å²) >= 11 is 7.66. The highest BCUT2D eigenvalue weighted by molar-refractivity contribution is 7.12. The Balaban J connectivity index is 1.04. The molecule has 0 radical (unpaired) electrons. The van der Waals surface area contributed by atoms with Crippen molar-refractivity contribution in [1.82, 2.24) is 34.7 Å². The number of hydrogen-bond acceptors (Lipinski definition) is 8. The van der Waals surface area contributed by atoms with Crippen LogP contribution in [-0.4, -0.2) is 40.7 Å². The summed E-state index contributed by atoms with van der Waals surface area (Å²) in [6, 6.07) is 16.5. The van der Waals surface area contributed by atoms with Crippen LogP contribution < -0.4 is 10.3 Å². The molecule has 1 atom stereocenters. The molecule has 12 heteroatoms. The van der Waals surface area contributed by atoms with Gasteiger partial charge in [-0.1, -0.05) is 17.7 Å². The molecule has 6 aromatic rings. The fraction of sp³-hybridized carbons (Fsp3) is 0.188. The van der Waals surface area contributed by atoms with E-state index in [1.54, 1.807) is 27.6 Å². The van der Waals surface area contributed by atoms with Gasteiger partial charge in [-0.2, -0.15) is 4.68 Å². The number of esters is 1. The van der Waals surface area contributed by atoms with Gasteiger partial charge in [0.25, 0.3) is 5.56 Å². The van der Waals surface area contributed by atoms with Crippen molar-refractivity contribution in [2.45, 2.75) is 38.1 Å². The molecule has 10 nitrogen and oxygen atoms in total. The van der Waals surface area contributed by atoms with Crippen LogP contribution in [0.15, 0.2) is 77.3 Å². The molecule has 44 heavy (non-hydrogen) atoms. The number of aromatic nitrogens is 7. The van der Waals surface area contributed by atoms with Crippen molar-refractivity contribution in [3.63, 3.8) is 0 Å². The Kier molecular flexibility index (Phi) is 6.49. The van der Waals surface area contributed by atoms with E-state index in [9.17, 15) is 9.59 Å². The van der Waals surface area contributed by atoms with Crippen molar-refractivity contribution in [1.29, 1.82) is 0 Å². The van der Waals surface area contributed by atoms with Gasteiger partial charge in [0.15, 0.2) is 0 Å². The van der Waals surface area contributed by atoms with E-state index in [1.165, 1.54) is 28.8 Å². The molecule has 0 unspecified atom stereocenters. The van der Waals surface area contributed by atoms with Crippen molar-refractivity contribution in [2.24, 2.45) is 0 Å². The fourth-order valence-corrected chi connectivity index (χ4v) is 7.18. The summed E-state index contributed by atoms with van der Waals surface area (Å²) < 4.78 is 9.02. The van der Waals surface area contributed by atoms with Gasteiger partial charge in [-0.3, -0.25) is 4.79 Å². The first kappa shape index (κ1) is 26.7. The third-order valence-corrected chi connectivity index (χ3v) is 9.45. The SMILES string of the molecule is O=C(Oc1ccc2c(c1)CCC2)c1cc(-c2cnc([C@@H]3CCc4cc(-c5cc(Cl)ccc5-n5cnnn5)cc(=O)n43)[nH]2)cs1. The molecule has 8 rings (SSSR count). The number of halogens is 1. The molecule has 2 aliphatic rings. The molecular formula is C32H24ClN7O3S. The van der Waals surface area contributed by atoms with Crippen molar-refractivity contribution in [3.8, 4) is 33.8 Å². The second-order valence-corrected chi connectivity index (χ2v) is 12.3. The average molecular weight is 622 g/mol. The number of thiophene rings is 1. The highest BCUT2D eigenvalue weighted by Gasteiger charge is 2.28. The molecule has 0 saturated carbocycles. The highest BCUT2D eigenvalue weighted by atomic mass is 35.5. The minimum atomic E-state index is -0.381. The Morgan fingerprint density at radius 3 is 2.82 bits per heavy atom. The number of aryl methyl sites for hydroxylation is 3. The number of rotatable bonds is 6. The van der Waals surface area contributed by atoms with Gasteiger partial charge in [-0.15, -0.1) is 16.4 Å². The van der Waals surface area contributed by atoms with Crippen LogP contribution in [0.4, 0.5) is 0 Å². The molecule has 0 fully saturated rings. The minimum absolute atomic E-state index is 0.132. The first-order chi connectivity index (χ1) is 21.5. The van der Waals surface area contributed by atoms with Crippen LogP contribution in [-0.2, 0) is 19.3 Å². The summed E-state index contributed by atoms with van der Waals surface area (Å²) in [4.78, 5) is 35.0. The van der Waals surface area contributed by atoms with Crippen LogP contribution in [0.5, 0.6) is 5.75 Å². The molecule has 0 spiro atoms. The van der Waals surface area contributed by atoms with Gasteiger partial charge in [0.05, 0.1) is 23.6 Å². The first-order valence-electron chi connectivity index (χ1n) is 14.3. The van der Waals surface area contributed by atoms with Crippen LogP contribution in [0, 0.1) is 0 Å². The van der Waals surface area contributed by atoms with Gasteiger partial charge in [0.1, 0.15) is 22.8 Å². The molecule has 218 valence electrons. The maximum absolute atomic E-state index is 13.5. The van der Waals surface area contributed by atoms with E-state index < -0.39 is 0 Å². The lowest BCUT2D eigenvalue weighted by atomic mass is 10.0. The van der Waals surface area contributed by atoms with Gasteiger partial charge in [0, 0.05) is 33.3 Å². The lowest BCUT2D eigenvalue weighted by Crippen LogP contribution is -2.23. The van der Waals surface area contributed by atoms with Gasteiger partial charge in [0.2, 0.25) is 0 Å². The Morgan fingerprint density at radius 2 is 1.93 bits per heavy atom. The summed E-state index contributed by atoms with van der Waals surface area (Å²) in [6.45, 7) is 0. The number of hydrogen-bond donors (Lipinski definition) is 1. The van der Waals surface area contributed by atoms with E-state index in [-0.39, 0.29) is 17.6 Å². The topological polar surface area (TPSA) is 121 Å². The number of ether oxygens (including phenoxy) is 1. The van der Waals surface area contributed by atoms with E-state index in [1.807, 2.05) is 41.8 Å². The molecule has 2 aromatic carbocycles. The molecule has 1 N–H and O–H groups in total. The number of H-pyrrole nitrogens is 1. The number of aromatic amines is 1. The third-order valence-electron chi connectivity index (χ3n) is 8.30. The average Bonchev–Trinajstić information content (AvgIpc) is 3.86. The van der Waals surface area contributed by atoms with Gasteiger partial charge >= 0.3 is 5.97 Å². The Labute approximate surface area is 259 Å². The number of nitrogens with zero attached hydrogens (tertiary/aromatic N) is 6. The molecule has 1 aliphatic heterocycles. The molecule has 4 aromatic heterocycles. The molecule has 0 amide bonds. The Morgan fingerprint density at radius 1 is 1.02 bits per heavy atom. The maximum atomic E-state index is 13.5. The molecular weight excluding hydrogens is 598 g/mol. The Bertz CT molecular complexity index is 2110. The van der Waals surface area contributed by atoms with Crippen molar-refractivity contribution in [2.75, 3.05) is 0 Å². The minimum Gasteiger partial charge on any atom is -0.422 e. The fourth-order valence-electron chi connectivity index (χ4n) is 6.23. The van der Waals surface area contributed by atoms with Gasteiger partial charge in [-0.25, -0.2) is 9.78 Å². The normalized spacial score (nSPS) is 15.3. The summed E-state index contributed by atoms with van der Waals surface area (Å²) in [5.74, 6) is 0.887. The van der Waals surface area contributed by atoms with Crippen molar-refractivity contribution < 1.29 is 9.53 Å². The van der Waals surface area contributed by atoms with E-state index in [0.29, 0.717) is 27.9 Å². The van der Waals surface area contributed by atoms with Crippen LogP contribution in [0.25, 0.3) is 28.1 Å². The number of benzene rings is 2. The quantitative estimate of drug-likeness (QED) is 0.183. The standard InChI is InChI=1S/C32H24ClN7O3S/c33-22-5-8-27(39-17-35-37-38-39)25(14-22)20-10-23-6-9-28(40(23)30(41)13-20)31-34-15-26(36-31)21-12-29(44-16-21)32(42)43-24-7-4-18-2-1-3-19(18)11-24/h4-5,7-8,10-17,28H,1-3,6,9H2,(H,34,36)/t28-/m0/s1. The maximum Gasteiger partial charge on any atom is 0.353 e. The number of carbonyl (C=O) groups excluding carboxylic acids is 1. The van der Waals surface area contributed by atoms with E-state index in [2.05, 4.69) is 31.6 Å². The zero-order chi connectivity index (χ0) is 29.8. The lowest BCUT2D eigenvalue weighted by Gasteiger charge is -2.15. The molecule has 0 saturated heterocycles. The molecule has 1 aliphatic carbocycles. The number of imidazole rings is 1. The lowest BCUT2D eigenvalue weighted by molar-refractivity contribution is 0.0740. The van der Waals surface area contributed by atoms with Crippen LogP contribution in [0.2, 0.25) is 5.02 Å². The van der Waals surface area contributed by atoms with Gasteiger partial charge < -0.3 is 14.3 Å². The van der Waals surface area contributed by atoms with Crippen LogP contribution >= 0.6 is 22.9 Å². The second-order valence-electron chi connectivity index (χ2n) is 11.0. The highest BCUT2D eigenvalue weighted by Crippen LogP contribution is 2.35. The molecule has 0 bridgehead atoms. The largest absolute Gasteiger partial charge is 0.422 e. The Hall–Kier alpha value is -4.87. The summed E-state index contributed by atoms with van der Waals surface area (Å²) in [6.07, 6.45) is 7.93. The zero-order valence-electron chi connectivity index (χ0n) is 23.2. The summed E-state index contributed by atoms with van der Waals surface area (Å²) in [5.41, 5.74) is 7.21. The van der Waals surface area contributed by atoms with Crippen molar-refractivity contribution in [3.05, 3.63) is 115 Å². The number of carbonyl (C=O) groups is 1. The second kappa shape index (κ2) is 10.7. The smallest absolute Gasteiger partial charge is 0.353 e. The van der Waals surface area contributed by atoms with Crippen molar-refractivity contribution >= 4 is 28.9 Å². The predicted molar refractivity (Wildman–Crippen MR) is 166 cm³/mol. The van der Waals surface area contributed by atoms with Gasteiger partial charge in [-0.05, 0) is 102 Å². The summed E-state index contributed by atoms with van der Waals surface area (Å²) in [7, 11) is 0. The van der Waals surface area contributed by atoms with E-state index in [4.69, 9.17) is 16.3 Å². The predicted octanol–water partition coefficient (Wildman–Crippen LogP) is 5.84. The number of pyridine rings is 1. The number of fused-ring (bicyclic) bond motifs is 2. The monoisotopic (exact) mass is 621 g/mol. The summed E-state index contributed by atoms with van der Waals surface area (Å²) in [5, 5.41) is 13.9. The zero-order valence-corrected chi connectivity index (χ0v) is 24.8. The first-order valence-corrected chi connectivity index (χ1v) is 15.5. The third kappa shape index (κ3) is 4.74.